The molecule has 0 aromatic carbocycles. The summed E-state index contributed by atoms with van der Waals surface area (Å²) in [6, 6.07) is 1.83. The molecule has 0 radical (unpaired) electrons. The number of aromatic nitrogens is 1. The summed E-state index contributed by atoms with van der Waals surface area (Å²) in [6.45, 7) is 4.40. The standard InChI is InChI=1S/C14H21N3O2/c1-9-8-12(19-7-6-11-4-3-5-11)13(10(2)16-9)14(15)17-18/h8,11,18H,3-7H2,1-2H3,(H2,15,17). The molecule has 0 atom stereocenters. The van der Waals surface area contributed by atoms with Crippen LogP contribution in [-0.4, -0.2) is 22.6 Å². The molecule has 2 rings (SSSR count). The van der Waals surface area contributed by atoms with E-state index in [0.29, 0.717) is 23.6 Å². The minimum Gasteiger partial charge on any atom is -0.493 e. The van der Waals surface area contributed by atoms with Crippen molar-refractivity contribution >= 4 is 5.84 Å². The molecule has 104 valence electrons. The Labute approximate surface area is 113 Å². The van der Waals surface area contributed by atoms with Gasteiger partial charge < -0.3 is 15.7 Å². The molecule has 1 saturated carbocycles. The molecule has 0 saturated heterocycles. The largest absolute Gasteiger partial charge is 0.493 e. The van der Waals surface area contributed by atoms with Gasteiger partial charge in [0, 0.05) is 11.8 Å². The van der Waals surface area contributed by atoms with Crippen LogP contribution >= 0.6 is 0 Å². The zero-order chi connectivity index (χ0) is 13.8. The molecule has 1 fully saturated rings. The van der Waals surface area contributed by atoms with Crippen LogP contribution in [-0.2, 0) is 0 Å². The van der Waals surface area contributed by atoms with Gasteiger partial charge in [0.15, 0.2) is 5.84 Å². The highest BCUT2D eigenvalue weighted by molar-refractivity contribution is 6.00. The lowest BCUT2D eigenvalue weighted by Crippen LogP contribution is -2.19. The monoisotopic (exact) mass is 263 g/mol. The molecule has 3 N–H and O–H groups in total. The molecule has 1 aromatic heterocycles. The SMILES string of the molecule is Cc1cc(OCCC2CCC2)c(/C(N)=N/O)c(C)n1. The maximum Gasteiger partial charge on any atom is 0.175 e. The summed E-state index contributed by atoms with van der Waals surface area (Å²) in [7, 11) is 0. The fourth-order valence-electron chi connectivity index (χ4n) is 2.39. The van der Waals surface area contributed by atoms with Gasteiger partial charge in [-0.1, -0.05) is 24.4 Å². The van der Waals surface area contributed by atoms with Crippen LogP contribution in [0.2, 0.25) is 0 Å². The number of hydrogen-bond acceptors (Lipinski definition) is 4. The Morgan fingerprint density at radius 1 is 1.53 bits per heavy atom. The number of hydrogen-bond donors (Lipinski definition) is 2. The van der Waals surface area contributed by atoms with Crippen LogP contribution in [0.15, 0.2) is 11.2 Å². The fourth-order valence-corrected chi connectivity index (χ4v) is 2.39. The second kappa shape index (κ2) is 5.91. The van der Waals surface area contributed by atoms with Crippen molar-refractivity contribution in [2.24, 2.45) is 16.8 Å². The summed E-state index contributed by atoms with van der Waals surface area (Å²) in [5, 5.41) is 11.9. The summed E-state index contributed by atoms with van der Waals surface area (Å²) < 4.78 is 5.82. The van der Waals surface area contributed by atoms with Crippen molar-refractivity contribution in [2.45, 2.75) is 39.5 Å². The molecule has 5 nitrogen and oxygen atoms in total. The first-order valence-corrected chi connectivity index (χ1v) is 6.70. The third-order valence-electron chi connectivity index (χ3n) is 3.66. The second-order valence-corrected chi connectivity index (χ2v) is 5.14. The van der Waals surface area contributed by atoms with Crippen LogP contribution in [0.3, 0.4) is 0 Å². The first-order chi connectivity index (χ1) is 9.11. The van der Waals surface area contributed by atoms with Crippen LogP contribution in [0.5, 0.6) is 5.75 Å². The average molecular weight is 263 g/mol. The number of ether oxygens (including phenoxy) is 1. The van der Waals surface area contributed by atoms with Gasteiger partial charge in [-0.15, -0.1) is 0 Å². The van der Waals surface area contributed by atoms with E-state index in [-0.39, 0.29) is 5.84 Å². The first kappa shape index (κ1) is 13.6. The number of aryl methyl sites for hydroxylation is 2. The molecule has 0 amide bonds. The average Bonchev–Trinajstić information content (AvgIpc) is 2.31. The molecule has 19 heavy (non-hydrogen) atoms. The van der Waals surface area contributed by atoms with E-state index in [0.717, 1.165) is 18.0 Å². The van der Waals surface area contributed by atoms with Crippen molar-refractivity contribution in [3.05, 3.63) is 23.0 Å². The van der Waals surface area contributed by atoms with Gasteiger partial charge in [-0.2, -0.15) is 0 Å². The molecule has 1 aromatic rings. The molecular weight excluding hydrogens is 242 g/mol. The lowest BCUT2D eigenvalue weighted by molar-refractivity contribution is 0.221. The number of pyridine rings is 1. The minimum absolute atomic E-state index is 0.0450. The first-order valence-electron chi connectivity index (χ1n) is 6.70. The molecule has 1 aliphatic carbocycles. The lowest BCUT2D eigenvalue weighted by atomic mass is 9.83. The third-order valence-corrected chi connectivity index (χ3v) is 3.66. The van der Waals surface area contributed by atoms with Gasteiger partial charge in [-0.05, 0) is 26.2 Å². The van der Waals surface area contributed by atoms with Gasteiger partial charge in [0.2, 0.25) is 0 Å². The summed E-state index contributed by atoms with van der Waals surface area (Å²) in [5.41, 5.74) is 7.86. The van der Waals surface area contributed by atoms with Gasteiger partial charge in [0.1, 0.15) is 5.75 Å². The summed E-state index contributed by atoms with van der Waals surface area (Å²) in [5.74, 6) is 1.50. The van der Waals surface area contributed by atoms with Crippen LogP contribution < -0.4 is 10.5 Å². The maximum absolute atomic E-state index is 8.85. The number of nitrogens with zero attached hydrogens (tertiary/aromatic N) is 2. The molecule has 0 unspecified atom stereocenters. The van der Waals surface area contributed by atoms with Crippen molar-refractivity contribution in [3.8, 4) is 5.75 Å². The number of oxime groups is 1. The van der Waals surface area contributed by atoms with Gasteiger partial charge in [0.05, 0.1) is 17.9 Å². The predicted molar refractivity (Wildman–Crippen MR) is 73.7 cm³/mol. The highest BCUT2D eigenvalue weighted by Gasteiger charge is 2.18. The fraction of sp³-hybridized carbons (Fsp3) is 0.571. The van der Waals surface area contributed by atoms with E-state index < -0.39 is 0 Å². The lowest BCUT2D eigenvalue weighted by Gasteiger charge is -2.25. The summed E-state index contributed by atoms with van der Waals surface area (Å²) >= 11 is 0. The Hall–Kier alpha value is -1.78. The molecule has 0 bridgehead atoms. The Morgan fingerprint density at radius 2 is 2.26 bits per heavy atom. The Morgan fingerprint density at radius 3 is 2.84 bits per heavy atom. The topological polar surface area (TPSA) is 80.7 Å². The molecule has 1 aliphatic rings. The van der Waals surface area contributed by atoms with E-state index >= 15 is 0 Å². The van der Waals surface area contributed by atoms with Crippen LogP contribution in [0.4, 0.5) is 0 Å². The van der Waals surface area contributed by atoms with E-state index in [4.69, 9.17) is 15.7 Å². The quantitative estimate of drug-likeness (QED) is 0.370. The number of amidine groups is 1. The third kappa shape index (κ3) is 3.16. The molecule has 0 aliphatic heterocycles. The molecule has 5 heteroatoms. The summed E-state index contributed by atoms with van der Waals surface area (Å²) in [6.07, 6.45) is 5.03. The summed E-state index contributed by atoms with van der Waals surface area (Å²) in [4.78, 5) is 4.32. The Kier molecular flexibility index (Phi) is 4.24. The van der Waals surface area contributed by atoms with E-state index in [1.54, 1.807) is 0 Å². The van der Waals surface area contributed by atoms with Gasteiger partial charge in [-0.25, -0.2) is 0 Å². The predicted octanol–water partition coefficient (Wildman–Crippen LogP) is 2.36. The highest BCUT2D eigenvalue weighted by Crippen LogP contribution is 2.30. The second-order valence-electron chi connectivity index (χ2n) is 5.14. The van der Waals surface area contributed by atoms with E-state index in [1.165, 1.54) is 19.3 Å². The van der Waals surface area contributed by atoms with Crippen molar-refractivity contribution in [2.75, 3.05) is 6.61 Å². The van der Waals surface area contributed by atoms with Crippen LogP contribution in [0, 0.1) is 19.8 Å². The van der Waals surface area contributed by atoms with E-state index in [9.17, 15) is 0 Å². The minimum atomic E-state index is 0.0450. The van der Waals surface area contributed by atoms with Gasteiger partial charge >= 0.3 is 0 Å². The van der Waals surface area contributed by atoms with E-state index in [2.05, 4.69) is 10.1 Å². The molecule has 1 heterocycles. The number of rotatable bonds is 5. The van der Waals surface area contributed by atoms with Crippen molar-refractivity contribution in [1.82, 2.24) is 4.98 Å². The Balaban J connectivity index is 2.12. The van der Waals surface area contributed by atoms with Gasteiger partial charge in [-0.3, -0.25) is 4.98 Å². The van der Waals surface area contributed by atoms with Crippen LogP contribution in [0.25, 0.3) is 0 Å². The zero-order valence-corrected chi connectivity index (χ0v) is 11.5. The smallest absolute Gasteiger partial charge is 0.175 e. The molecule has 0 spiro atoms. The van der Waals surface area contributed by atoms with Crippen LogP contribution in [0.1, 0.15) is 42.6 Å². The van der Waals surface area contributed by atoms with E-state index in [1.807, 2.05) is 19.9 Å². The molecular formula is C14H21N3O2. The normalized spacial score (nSPS) is 16.2. The van der Waals surface area contributed by atoms with Gasteiger partial charge in [0.25, 0.3) is 0 Å². The van der Waals surface area contributed by atoms with Crippen molar-refractivity contribution in [3.63, 3.8) is 0 Å². The zero-order valence-electron chi connectivity index (χ0n) is 11.5. The van der Waals surface area contributed by atoms with Crippen molar-refractivity contribution in [1.29, 1.82) is 0 Å². The Bertz CT molecular complexity index is 482. The van der Waals surface area contributed by atoms with Crippen molar-refractivity contribution < 1.29 is 9.94 Å². The highest BCUT2D eigenvalue weighted by atomic mass is 16.5. The number of nitrogens with two attached hydrogens (primary N) is 1. The maximum atomic E-state index is 8.85.